The summed E-state index contributed by atoms with van der Waals surface area (Å²) in [5.74, 6) is 0. The first-order valence-electron chi connectivity index (χ1n) is 8.75. The Hall–Kier alpha value is -1.31. The van der Waals surface area contributed by atoms with Gasteiger partial charge in [-0.25, -0.2) is 8.42 Å². The number of hydrogen-bond donors (Lipinski definition) is 1. The van der Waals surface area contributed by atoms with Gasteiger partial charge in [-0.15, -0.1) is 0 Å². The molecule has 2 heterocycles. The van der Waals surface area contributed by atoms with E-state index in [0.29, 0.717) is 41.8 Å². The van der Waals surface area contributed by atoms with Crippen LogP contribution in [-0.4, -0.2) is 48.9 Å². The molecule has 2 fully saturated rings. The Morgan fingerprint density at radius 2 is 1.85 bits per heavy atom. The van der Waals surface area contributed by atoms with Crippen molar-refractivity contribution in [3.63, 3.8) is 0 Å². The lowest BCUT2D eigenvalue weighted by Crippen LogP contribution is -2.47. The van der Waals surface area contributed by atoms with Crippen LogP contribution in [0.15, 0.2) is 48.5 Å². The molecule has 2 aliphatic heterocycles. The van der Waals surface area contributed by atoms with Crippen molar-refractivity contribution in [3.8, 4) is 0 Å². The van der Waals surface area contributed by atoms with E-state index in [1.54, 1.807) is 36.4 Å². The zero-order chi connectivity index (χ0) is 19.2. The zero-order valence-corrected chi connectivity index (χ0v) is 16.9. The minimum Gasteiger partial charge on any atom is -0.389 e. The normalized spacial score (nSPS) is 27.5. The monoisotopic (exact) mass is 426 g/mol. The number of para-hydroxylation sites is 1. The van der Waals surface area contributed by atoms with Crippen molar-refractivity contribution < 1.29 is 13.5 Å². The third-order valence-electron chi connectivity index (χ3n) is 5.53. The van der Waals surface area contributed by atoms with Gasteiger partial charge < -0.3 is 5.11 Å². The van der Waals surface area contributed by atoms with Gasteiger partial charge in [0.1, 0.15) is 4.75 Å². The highest BCUT2D eigenvalue weighted by molar-refractivity contribution is 7.94. The number of rotatable bonds is 3. The molecule has 0 saturated carbocycles. The number of aliphatic hydroxyl groups is 1. The minimum atomic E-state index is -3.67. The molecule has 0 unspecified atom stereocenters. The van der Waals surface area contributed by atoms with Crippen molar-refractivity contribution in [3.05, 3.63) is 64.1 Å². The van der Waals surface area contributed by atoms with E-state index in [9.17, 15) is 13.5 Å². The summed E-state index contributed by atoms with van der Waals surface area (Å²) in [5.41, 5.74) is 1.56. The molecule has 2 aliphatic rings. The summed E-state index contributed by atoms with van der Waals surface area (Å²) in [6.07, 6.45) is -0.525. The van der Waals surface area contributed by atoms with Gasteiger partial charge in [-0.1, -0.05) is 47.5 Å². The fourth-order valence-corrected chi connectivity index (χ4v) is 6.66. The maximum Gasteiger partial charge on any atom is 0.244 e. The summed E-state index contributed by atoms with van der Waals surface area (Å²) < 4.78 is 26.8. The Morgan fingerprint density at radius 3 is 2.56 bits per heavy atom. The largest absolute Gasteiger partial charge is 0.389 e. The van der Waals surface area contributed by atoms with E-state index < -0.39 is 20.9 Å². The fraction of sp³-hybridized carbons (Fsp3) is 0.368. The van der Waals surface area contributed by atoms with Crippen LogP contribution in [0.4, 0.5) is 5.69 Å². The molecule has 0 aliphatic carbocycles. The summed E-state index contributed by atoms with van der Waals surface area (Å²) in [6, 6.07) is 14.4. The highest BCUT2D eigenvalue weighted by Crippen LogP contribution is 2.43. The van der Waals surface area contributed by atoms with Gasteiger partial charge in [0.15, 0.2) is 0 Å². The second-order valence-corrected chi connectivity index (χ2v) is 10.2. The second kappa shape index (κ2) is 6.94. The highest BCUT2D eigenvalue weighted by Gasteiger charge is 2.61. The van der Waals surface area contributed by atoms with Crippen molar-refractivity contribution >= 4 is 38.9 Å². The zero-order valence-electron chi connectivity index (χ0n) is 14.6. The van der Waals surface area contributed by atoms with Crippen molar-refractivity contribution in [1.29, 1.82) is 0 Å². The van der Waals surface area contributed by atoms with Crippen LogP contribution in [0.5, 0.6) is 0 Å². The first-order chi connectivity index (χ1) is 12.8. The van der Waals surface area contributed by atoms with E-state index in [0.717, 1.165) is 5.56 Å². The third kappa shape index (κ3) is 3.13. The molecule has 5 nitrogen and oxygen atoms in total. The Labute approximate surface area is 169 Å². The van der Waals surface area contributed by atoms with Crippen LogP contribution in [0.1, 0.15) is 12.0 Å². The van der Waals surface area contributed by atoms with Gasteiger partial charge in [-0.3, -0.25) is 9.21 Å². The number of halogens is 2. The van der Waals surface area contributed by atoms with Gasteiger partial charge in [0.05, 0.1) is 28.4 Å². The maximum absolute atomic E-state index is 13.3. The van der Waals surface area contributed by atoms with Gasteiger partial charge >= 0.3 is 0 Å². The maximum atomic E-state index is 13.3. The Balaban J connectivity index is 1.57. The number of β-amino-alcohol motifs (C(OH)–C–C–N with tert-alkyl or cyclic N) is 1. The van der Waals surface area contributed by atoms with Crippen LogP contribution in [0.3, 0.4) is 0 Å². The number of aliphatic hydroxyl groups excluding tert-OH is 1. The predicted octanol–water partition coefficient (Wildman–Crippen LogP) is 3.15. The van der Waals surface area contributed by atoms with E-state index in [1.165, 1.54) is 4.31 Å². The fourth-order valence-electron chi connectivity index (χ4n) is 4.05. The molecular weight excluding hydrogens is 407 g/mol. The van der Waals surface area contributed by atoms with Crippen molar-refractivity contribution in [2.24, 2.45) is 0 Å². The van der Waals surface area contributed by atoms with Crippen LogP contribution in [0.2, 0.25) is 10.0 Å². The quantitative estimate of drug-likeness (QED) is 0.818. The Kier molecular flexibility index (Phi) is 4.89. The Morgan fingerprint density at radius 1 is 1.11 bits per heavy atom. The number of hydrogen-bond acceptors (Lipinski definition) is 4. The van der Waals surface area contributed by atoms with E-state index in [4.69, 9.17) is 23.2 Å². The molecule has 0 aromatic heterocycles. The molecule has 0 radical (unpaired) electrons. The van der Waals surface area contributed by atoms with Crippen LogP contribution in [0.25, 0.3) is 0 Å². The third-order valence-corrected chi connectivity index (χ3v) is 8.84. The molecule has 0 bridgehead atoms. The van der Waals surface area contributed by atoms with Crippen molar-refractivity contribution in [2.45, 2.75) is 23.8 Å². The summed E-state index contributed by atoms with van der Waals surface area (Å²) >= 11 is 12.0. The smallest absolute Gasteiger partial charge is 0.244 e. The van der Waals surface area contributed by atoms with E-state index in [2.05, 4.69) is 4.90 Å². The number of nitrogens with zero attached hydrogens (tertiary/aromatic N) is 2. The van der Waals surface area contributed by atoms with Crippen LogP contribution in [0, 0.1) is 0 Å². The standard InChI is InChI=1S/C19H20Cl2N2O3S/c20-16-7-6-14(10-17(16)21)11-22-9-8-19(13-22)18(24)12-23(27(19,25)26)15-4-2-1-3-5-15/h1-7,10,18,24H,8-9,11-13H2/t18-,19+/m0/s1. The molecule has 1 N–H and O–H groups in total. The Bertz CT molecular complexity index is 955. The molecular formula is C19H20Cl2N2O3S. The van der Waals surface area contributed by atoms with Gasteiger partial charge in [0, 0.05) is 19.6 Å². The van der Waals surface area contributed by atoms with Crippen molar-refractivity contribution in [1.82, 2.24) is 4.90 Å². The van der Waals surface area contributed by atoms with Crippen molar-refractivity contribution in [2.75, 3.05) is 23.9 Å². The molecule has 2 aromatic carbocycles. The number of likely N-dealkylation sites (tertiary alicyclic amines) is 1. The van der Waals surface area contributed by atoms with Crippen LogP contribution >= 0.6 is 23.2 Å². The molecule has 2 aromatic rings. The summed E-state index contributed by atoms with van der Waals surface area (Å²) in [4.78, 5) is 2.05. The number of sulfonamides is 1. The molecule has 144 valence electrons. The summed E-state index contributed by atoms with van der Waals surface area (Å²) in [7, 11) is -3.67. The second-order valence-electron chi connectivity index (χ2n) is 7.16. The van der Waals surface area contributed by atoms with Gasteiger partial charge in [-0.05, 0) is 36.2 Å². The van der Waals surface area contributed by atoms with E-state index in [-0.39, 0.29) is 6.54 Å². The number of benzene rings is 2. The SMILES string of the molecule is O=S1(=O)N(c2ccccc2)C[C@H](O)[C@]12CCN(Cc1ccc(Cl)c(Cl)c1)C2. The summed E-state index contributed by atoms with van der Waals surface area (Å²) in [6.45, 7) is 1.54. The molecule has 4 rings (SSSR count). The van der Waals surface area contributed by atoms with Gasteiger partial charge in [-0.2, -0.15) is 0 Å². The first-order valence-corrected chi connectivity index (χ1v) is 10.9. The van der Waals surface area contributed by atoms with Gasteiger partial charge in [0.25, 0.3) is 0 Å². The minimum absolute atomic E-state index is 0.0902. The predicted molar refractivity (Wildman–Crippen MR) is 108 cm³/mol. The van der Waals surface area contributed by atoms with Crippen LogP contribution < -0.4 is 4.31 Å². The lowest BCUT2D eigenvalue weighted by Gasteiger charge is -2.27. The highest BCUT2D eigenvalue weighted by atomic mass is 35.5. The molecule has 1 spiro atoms. The lowest BCUT2D eigenvalue weighted by molar-refractivity contribution is 0.143. The molecule has 0 amide bonds. The lowest BCUT2D eigenvalue weighted by atomic mass is 10.0. The topological polar surface area (TPSA) is 60.9 Å². The molecule has 2 atom stereocenters. The average Bonchev–Trinajstić information content (AvgIpc) is 3.16. The molecule has 2 saturated heterocycles. The number of anilines is 1. The van der Waals surface area contributed by atoms with Gasteiger partial charge in [0.2, 0.25) is 10.0 Å². The van der Waals surface area contributed by atoms with E-state index >= 15 is 0 Å². The van der Waals surface area contributed by atoms with E-state index in [1.807, 2.05) is 12.1 Å². The average molecular weight is 427 g/mol. The van der Waals surface area contributed by atoms with Crippen LogP contribution in [-0.2, 0) is 16.6 Å². The first kappa shape index (κ1) is 19.0. The molecule has 8 heteroatoms. The molecule has 27 heavy (non-hydrogen) atoms. The summed E-state index contributed by atoms with van der Waals surface area (Å²) in [5, 5.41) is 11.7.